The number of rotatable bonds is 4. The number of carbonyl (C=O) groups excluding carboxylic acids is 1. The third-order valence-electron chi connectivity index (χ3n) is 2.64. The Morgan fingerprint density at radius 2 is 2.05 bits per heavy atom. The van der Waals surface area contributed by atoms with Crippen LogP contribution in [0.2, 0.25) is 0 Å². The highest BCUT2D eigenvalue weighted by Crippen LogP contribution is 2.19. The first-order chi connectivity index (χ1) is 9.97. The Morgan fingerprint density at radius 3 is 2.71 bits per heavy atom. The zero-order valence-corrected chi connectivity index (χ0v) is 12.2. The van der Waals surface area contributed by atoms with E-state index in [1.54, 1.807) is 18.2 Å². The summed E-state index contributed by atoms with van der Waals surface area (Å²) < 4.78 is 19.3. The Bertz CT molecular complexity index is 705. The van der Waals surface area contributed by atoms with Crippen LogP contribution in [0.1, 0.15) is 15.9 Å². The number of hydrogen-bond acceptors (Lipinski definition) is 4. The Balaban J connectivity index is 2.13. The fraction of sp³-hybridized carbons (Fsp3) is 0.0714. The molecule has 0 bridgehead atoms. The summed E-state index contributed by atoms with van der Waals surface area (Å²) in [4.78, 5) is 21.7. The third kappa shape index (κ3) is 3.85. The van der Waals surface area contributed by atoms with Crippen LogP contribution in [0.5, 0.6) is 0 Å². The van der Waals surface area contributed by atoms with Gasteiger partial charge >= 0.3 is 5.97 Å². The van der Waals surface area contributed by atoms with Gasteiger partial charge in [-0.3, -0.25) is 10.1 Å². The van der Waals surface area contributed by atoms with Gasteiger partial charge in [-0.1, -0.05) is 28.1 Å². The smallest absolute Gasteiger partial charge is 0.341 e. The van der Waals surface area contributed by atoms with Crippen LogP contribution in [0.4, 0.5) is 10.1 Å². The van der Waals surface area contributed by atoms with Gasteiger partial charge in [0.15, 0.2) is 0 Å². The summed E-state index contributed by atoms with van der Waals surface area (Å²) in [5.41, 5.74) is -0.117. The largest absolute Gasteiger partial charge is 0.457 e. The number of halogens is 2. The van der Waals surface area contributed by atoms with E-state index in [1.165, 1.54) is 0 Å². The summed E-state index contributed by atoms with van der Waals surface area (Å²) in [5, 5.41) is 10.6. The number of nitro benzene ring substituents is 1. The molecule has 0 radical (unpaired) electrons. The first-order valence-corrected chi connectivity index (χ1v) is 6.62. The van der Waals surface area contributed by atoms with Crippen LogP contribution in [-0.4, -0.2) is 10.9 Å². The Labute approximate surface area is 127 Å². The van der Waals surface area contributed by atoms with Gasteiger partial charge in [-0.15, -0.1) is 0 Å². The van der Waals surface area contributed by atoms with Crippen molar-refractivity contribution in [2.45, 2.75) is 6.61 Å². The number of ether oxygens (including phenoxy) is 1. The molecule has 0 aromatic heterocycles. The van der Waals surface area contributed by atoms with Gasteiger partial charge in [-0.2, -0.15) is 0 Å². The van der Waals surface area contributed by atoms with Gasteiger partial charge in [0.25, 0.3) is 5.69 Å². The van der Waals surface area contributed by atoms with Gasteiger partial charge in [0.05, 0.1) is 4.92 Å². The first kappa shape index (κ1) is 15.1. The van der Waals surface area contributed by atoms with Crippen molar-refractivity contribution in [1.29, 1.82) is 0 Å². The molecule has 0 N–H and O–H groups in total. The highest BCUT2D eigenvalue weighted by atomic mass is 79.9. The molecule has 108 valence electrons. The lowest BCUT2D eigenvalue weighted by Gasteiger charge is -2.06. The van der Waals surface area contributed by atoms with Crippen molar-refractivity contribution in [2.24, 2.45) is 0 Å². The van der Waals surface area contributed by atoms with Crippen molar-refractivity contribution in [3.63, 3.8) is 0 Å². The Kier molecular flexibility index (Phi) is 4.64. The number of hydrogen-bond donors (Lipinski definition) is 0. The molecule has 5 nitrogen and oxygen atoms in total. The van der Waals surface area contributed by atoms with Crippen LogP contribution in [0.15, 0.2) is 46.9 Å². The molecule has 7 heteroatoms. The van der Waals surface area contributed by atoms with E-state index in [0.29, 0.717) is 5.56 Å². The number of nitro groups is 1. The highest BCUT2D eigenvalue weighted by Gasteiger charge is 2.18. The minimum Gasteiger partial charge on any atom is -0.457 e. The molecular formula is C14H9BrFNO4. The van der Waals surface area contributed by atoms with Crippen LogP contribution >= 0.6 is 15.9 Å². The van der Waals surface area contributed by atoms with Crippen molar-refractivity contribution in [3.8, 4) is 0 Å². The van der Waals surface area contributed by atoms with E-state index in [2.05, 4.69) is 15.9 Å². The van der Waals surface area contributed by atoms with E-state index >= 15 is 0 Å². The lowest BCUT2D eigenvalue weighted by molar-refractivity contribution is -0.384. The number of carbonyl (C=O) groups is 1. The minimum absolute atomic E-state index is 0.0552. The molecule has 21 heavy (non-hydrogen) atoms. The van der Waals surface area contributed by atoms with Crippen molar-refractivity contribution >= 4 is 27.6 Å². The second-order valence-corrected chi connectivity index (χ2v) is 5.04. The lowest BCUT2D eigenvalue weighted by atomic mass is 10.2. The van der Waals surface area contributed by atoms with E-state index in [4.69, 9.17) is 4.74 Å². The van der Waals surface area contributed by atoms with Crippen molar-refractivity contribution < 1.29 is 18.8 Å². The zero-order valence-electron chi connectivity index (χ0n) is 10.6. The number of non-ortho nitro benzene ring substituents is 1. The van der Waals surface area contributed by atoms with Crippen LogP contribution in [0, 0.1) is 15.9 Å². The van der Waals surface area contributed by atoms with Gasteiger partial charge in [0.1, 0.15) is 18.0 Å². The number of nitrogens with zero attached hydrogens (tertiary/aromatic N) is 1. The fourth-order valence-corrected chi connectivity index (χ4v) is 2.08. The predicted octanol–water partition coefficient (Wildman–Crippen LogP) is 3.85. The maximum atomic E-state index is 13.5. The van der Waals surface area contributed by atoms with E-state index in [-0.39, 0.29) is 12.3 Å². The molecule has 0 unspecified atom stereocenters. The normalized spacial score (nSPS) is 10.2. The molecule has 0 aliphatic carbocycles. The number of esters is 1. The fourth-order valence-electron chi connectivity index (χ4n) is 1.64. The second-order valence-electron chi connectivity index (χ2n) is 4.13. The van der Waals surface area contributed by atoms with E-state index in [0.717, 1.165) is 22.7 Å². The van der Waals surface area contributed by atoms with Crippen LogP contribution in [0.25, 0.3) is 0 Å². The summed E-state index contributed by atoms with van der Waals surface area (Å²) in [6.45, 7) is -0.0552. The summed E-state index contributed by atoms with van der Waals surface area (Å²) in [5.74, 6) is -1.81. The quantitative estimate of drug-likeness (QED) is 0.475. The van der Waals surface area contributed by atoms with Crippen molar-refractivity contribution in [3.05, 3.63) is 74.0 Å². The standard InChI is InChI=1S/C14H9BrFNO4/c15-10-3-1-2-9(6-10)8-21-14(18)12-7-11(17(19)20)4-5-13(12)16/h1-7H,8H2. The molecule has 0 fully saturated rings. The maximum Gasteiger partial charge on any atom is 0.341 e. The Morgan fingerprint density at radius 1 is 1.29 bits per heavy atom. The Hall–Kier alpha value is -2.28. The first-order valence-electron chi connectivity index (χ1n) is 5.83. The maximum absolute atomic E-state index is 13.5. The average molecular weight is 354 g/mol. The van der Waals surface area contributed by atoms with E-state index in [1.807, 2.05) is 6.07 Å². The van der Waals surface area contributed by atoms with Gasteiger partial charge in [0, 0.05) is 16.6 Å². The SMILES string of the molecule is O=C(OCc1cccc(Br)c1)c1cc([N+](=O)[O-])ccc1F. The molecule has 0 heterocycles. The molecule has 0 saturated carbocycles. The monoisotopic (exact) mass is 353 g/mol. The second kappa shape index (κ2) is 6.45. The lowest BCUT2D eigenvalue weighted by Crippen LogP contribution is -2.08. The summed E-state index contributed by atoms with van der Waals surface area (Å²) >= 11 is 3.28. The topological polar surface area (TPSA) is 69.4 Å². The third-order valence-corrected chi connectivity index (χ3v) is 3.13. The average Bonchev–Trinajstić information content (AvgIpc) is 2.45. The molecule has 0 atom stereocenters. The van der Waals surface area contributed by atoms with Gasteiger partial charge in [-0.05, 0) is 23.8 Å². The molecule has 0 saturated heterocycles. The summed E-state index contributed by atoms with van der Waals surface area (Å²) in [6.07, 6.45) is 0. The molecule has 0 spiro atoms. The molecule has 0 amide bonds. The molecule has 0 aliphatic rings. The summed E-state index contributed by atoms with van der Waals surface area (Å²) in [7, 11) is 0. The molecule has 2 aromatic carbocycles. The highest BCUT2D eigenvalue weighted by molar-refractivity contribution is 9.10. The van der Waals surface area contributed by atoms with Crippen LogP contribution in [0.3, 0.4) is 0 Å². The van der Waals surface area contributed by atoms with Crippen molar-refractivity contribution in [1.82, 2.24) is 0 Å². The van der Waals surface area contributed by atoms with Gasteiger partial charge in [-0.25, -0.2) is 9.18 Å². The summed E-state index contributed by atoms with van der Waals surface area (Å²) in [6, 6.07) is 9.78. The van der Waals surface area contributed by atoms with Gasteiger partial charge < -0.3 is 4.74 Å². The van der Waals surface area contributed by atoms with Gasteiger partial charge in [0.2, 0.25) is 0 Å². The molecule has 2 aromatic rings. The van der Waals surface area contributed by atoms with Crippen LogP contribution < -0.4 is 0 Å². The minimum atomic E-state index is -0.948. The van der Waals surface area contributed by atoms with Crippen LogP contribution in [-0.2, 0) is 11.3 Å². The number of benzene rings is 2. The van der Waals surface area contributed by atoms with Crippen molar-refractivity contribution in [2.75, 3.05) is 0 Å². The van der Waals surface area contributed by atoms with E-state index < -0.39 is 22.3 Å². The predicted molar refractivity (Wildman–Crippen MR) is 76.3 cm³/mol. The molecular weight excluding hydrogens is 345 g/mol. The molecule has 0 aliphatic heterocycles. The molecule has 2 rings (SSSR count). The zero-order chi connectivity index (χ0) is 15.4. The van der Waals surface area contributed by atoms with E-state index in [9.17, 15) is 19.3 Å².